The van der Waals surface area contributed by atoms with Crippen molar-refractivity contribution in [1.29, 1.82) is 0 Å². The van der Waals surface area contributed by atoms with Crippen LogP contribution in [-0.2, 0) is 9.53 Å². The van der Waals surface area contributed by atoms with E-state index in [0.717, 1.165) is 0 Å². The van der Waals surface area contributed by atoms with Crippen molar-refractivity contribution in [3.8, 4) is 0 Å². The summed E-state index contributed by atoms with van der Waals surface area (Å²) in [6.07, 6.45) is 1.53. The van der Waals surface area contributed by atoms with Gasteiger partial charge in [0, 0.05) is 6.20 Å². The number of carboxylic acid groups (broad SMARTS) is 1. The van der Waals surface area contributed by atoms with E-state index >= 15 is 0 Å². The van der Waals surface area contributed by atoms with Gasteiger partial charge < -0.3 is 9.84 Å². The SMILES string of the molecule is CCOC(=O)c1ccn(C(C)CC(=O)O)n1. The van der Waals surface area contributed by atoms with Crippen LogP contribution in [0.1, 0.15) is 36.8 Å². The molecular weight excluding hydrogens is 212 g/mol. The molecule has 0 bridgehead atoms. The molecule has 0 aromatic carbocycles. The molecule has 0 aliphatic carbocycles. The van der Waals surface area contributed by atoms with Gasteiger partial charge in [0.1, 0.15) is 0 Å². The van der Waals surface area contributed by atoms with E-state index in [0.29, 0.717) is 0 Å². The van der Waals surface area contributed by atoms with Gasteiger partial charge in [-0.25, -0.2) is 4.79 Å². The Balaban J connectivity index is 2.70. The quantitative estimate of drug-likeness (QED) is 0.760. The van der Waals surface area contributed by atoms with Crippen molar-refractivity contribution in [3.63, 3.8) is 0 Å². The van der Waals surface area contributed by atoms with Crippen LogP contribution in [0.4, 0.5) is 0 Å². The van der Waals surface area contributed by atoms with Crippen molar-refractivity contribution in [2.75, 3.05) is 6.61 Å². The first-order chi connectivity index (χ1) is 7.54. The molecule has 1 rings (SSSR count). The van der Waals surface area contributed by atoms with Gasteiger partial charge >= 0.3 is 11.9 Å². The third-order valence-corrected chi connectivity index (χ3v) is 2.01. The van der Waals surface area contributed by atoms with E-state index in [4.69, 9.17) is 9.84 Å². The number of hydrogen-bond acceptors (Lipinski definition) is 4. The normalized spacial score (nSPS) is 12.1. The summed E-state index contributed by atoms with van der Waals surface area (Å²) in [4.78, 5) is 21.8. The van der Waals surface area contributed by atoms with Crippen molar-refractivity contribution in [2.45, 2.75) is 26.3 Å². The summed E-state index contributed by atoms with van der Waals surface area (Å²) in [6, 6.07) is 1.22. The van der Waals surface area contributed by atoms with Crippen LogP contribution in [0.5, 0.6) is 0 Å². The van der Waals surface area contributed by atoms with Crippen LogP contribution >= 0.6 is 0 Å². The molecule has 0 amide bonds. The molecule has 0 saturated heterocycles. The van der Waals surface area contributed by atoms with Crippen molar-refractivity contribution in [3.05, 3.63) is 18.0 Å². The third kappa shape index (κ3) is 3.08. The lowest BCUT2D eigenvalue weighted by Gasteiger charge is -2.08. The Morgan fingerprint density at radius 1 is 1.62 bits per heavy atom. The second-order valence-electron chi connectivity index (χ2n) is 3.35. The lowest BCUT2D eigenvalue weighted by atomic mass is 10.2. The van der Waals surface area contributed by atoms with Gasteiger partial charge in [0.2, 0.25) is 0 Å². The second kappa shape index (κ2) is 5.29. The summed E-state index contributed by atoms with van der Waals surface area (Å²) < 4.78 is 6.22. The molecule has 0 radical (unpaired) electrons. The van der Waals surface area contributed by atoms with Gasteiger partial charge in [0.25, 0.3) is 0 Å². The van der Waals surface area contributed by atoms with Crippen LogP contribution in [0, 0.1) is 0 Å². The number of carbonyl (C=O) groups excluding carboxylic acids is 1. The summed E-state index contributed by atoms with van der Waals surface area (Å²) in [7, 11) is 0. The highest BCUT2D eigenvalue weighted by molar-refractivity contribution is 5.87. The molecule has 0 fully saturated rings. The monoisotopic (exact) mass is 226 g/mol. The zero-order chi connectivity index (χ0) is 12.1. The Labute approximate surface area is 92.8 Å². The van der Waals surface area contributed by atoms with Crippen molar-refractivity contribution < 1.29 is 19.4 Å². The predicted octanol–water partition coefficient (Wildman–Crippen LogP) is 1.10. The molecule has 1 N–H and O–H groups in total. The molecular formula is C10H14N2O4. The zero-order valence-corrected chi connectivity index (χ0v) is 9.21. The van der Waals surface area contributed by atoms with Crippen LogP contribution in [0.15, 0.2) is 12.3 Å². The average Bonchev–Trinajstić information content (AvgIpc) is 2.65. The maximum Gasteiger partial charge on any atom is 0.358 e. The number of hydrogen-bond donors (Lipinski definition) is 1. The van der Waals surface area contributed by atoms with Crippen molar-refractivity contribution >= 4 is 11.9 Å². The molecule has 0 spiro atoms. The first kappa shape index (κ1) is 12.2. The summed E-state index contributed by atoms with van der Waals surface area (Å²) in [5.74, 6) is -1.40. The number of carbonyl (C=O) groups is 2. The van der Waals surface area contributed by atoms with Gasteiger partial charge in [-0.2, -0.15) is 5.10 Å². The van der Waals surface area contributed by atoms with Crippen LogP contribution < -0.4 is 0 Å². The van der Waals surface area contributed by atoms with Gasteiger partial charge in [-0.15, -0.1) is 0 Å². The number of rotatable bonds is 5. The fourth-order valence-corrected chi connectivity index (χ4v) is 1.24. The predicted molar refractivity (Wildman–Crippen MR) is 55.1 cm³/mol. The number of ether oxygens (including phenoxy) is 1. The number of aliphatic carboxylic acids is 1. The first-order valence-corrected chi connectivity index (χ1v) is 4.98. The maximum atomic E-state index is 11.3. The number of carboxylic acids is 1. The molecule has 1 aromatic heterocycles. The smallest absolute Gasteiger partial charge is 0.358 e. The molecule has 1 heterocycles. The third-order valence-electron chi connectivity index (χ3n) is 2.01. The molecule has 1 atom stereocenters. The number of esters is 1. The van der Waals surface area contributed by atoms with Crippen LogP contribution in [-0.4, -0.2) is 33.4 Å². The Hall–Kier alpha value is -1.85. The van der Waals surface area contributed by atoms with Gasteiger partial charge in [-0.05, 0) is 19.9 Å². The Morgan fingerprint density at radius 2 is 2.31 bits per heavy atom. The van der Waals surface area contributed by atoms with Crippen molar-refractivity contribution in [1.82, 2.24) is 9.78 Å². The molecule has 16 heavy (non-hydrogen) atoms. The summed E-state index contributed by atoms with van der Waals surface area (Å²) >= 11 is 0. The largest absolute Gasteiger partial charge is 0.481 e. The number of nitrogens with zero attached hydrogens (tertiary/aromatic N) is 2. The maximum absolute atomic E-state index is 11.3. The molecule has 1 aromatic rings. The summed E-state index contributed by atoms with van der Waals surface area (Å²) in [5.41, 5.74) is 0.194. The van der Waals surface area contributed by atoms with Gasteiger partial charge in [-0.3, -0.25) is 9.48 Å². The van der Waals surface area contributed by atoms with E-state index < -0.39 is 11.9 Å². The Morgan fingerprint density at radius 3 is 2.88 bits per heavy atom. The highest BCUT2D eigenvalue weighted by Gasteiger charge is 2.14. The molecule has 0 aliphatic heterocycles. The molecule has 6 heteroatoms. The van der Waals surface area contributed by atoms with E-state index in [1.165, 1.54) is 10.7 Å². The minimum atomic E-state index is -0.902. The average molecular weight is 226 g/mol. The number of aromatic nitrogens is 2. The fourth-order valence-electron chi connectivity index (χ4n) is 1.24. The minimum absolute atomic E-state index is 0.0378. The Bertz CT molecular complexity index is 386. The zero-order valence-electron chi connectivity index (χ0n) is 9.21. The van der Waals surface area contributed by atoms with Gasteiger partial charge in [0.15, 0.2) is 5.69 Å². The molecule has 0 aliphatic rings. The first-order valence-electron chi connectivity index (χ1n) is 4.98. The molecule has 1 unspecified atom stereocenters. The lowest BCUT2D eigenvalue weighted by molar-refractivity contribution is -0.137. The van der Waals surface area contributed by atoms with E-state index in [-0.39, 0.29) is 24.8 Å². The van der Waals surface area contributed by atoms with Crippen LogP contribution in [0.2, 0.25) is 0 Å². The summed E-state index contributed by atoms with van der Waals surface area (Å²) in [6.45, 7) is 3.72. The fraction of sp³-hybridized carbons (Fsp3) is 0.500. The van der Waals surface area contributed by atoms with Crippen LogP contribution in [0.25, 0.3) is 0 Å². The van der Waals surface area contributed by atoms with Crippen LogP contribution in [0.3, 0.4) is 0 Å². The minimum Gasteiger partial charge on any atom is -0.481 e. The standard InChI is InChI=1S/C10H14N2O4/c1-3-16-10(15)8-4-5-12(11-8)7(2)6-9(13)14/h4-5,7H,3,6H2,1-2H3,(H,13,14). The van der Waals surface area contributed by atoms with E-state index in [9.17, 15) is 9.59 Å². The second-order valence-corrected chi connectivity index (χ2v) is 3.35. The molecule has 0 saturated carbocycles. The lowest BCUT2D eigenvalue weighted by Crippen LogP contribution is -2.12. The van der Waals surface area contributed by atoms with E-state index in [1.807, 2.05) is 0 Å². The topological polar surface area (TPSA) is 81.4 Å². The molecule has 6 nitrogen and oxygen atoms in total. The van der Waals surface area contributed by atoms with E-state index in [2.05, 4.69) is 5.10 Å². The van der Waals surface area contributed by atoms with Gasteiger partial charge in [-0.1, -0.05) is 0 Å². The molecule has 88 valence electrons. The van der Waals surface area contributed by atoms with Gasteiger partial charge in [0.05, 0.1) is 19.1 Å². The highest BCUT2D eigenvalue weighted by Crippen LogP contribution is 2.10. The highest BCUT2D eigenvalue weighted by atomic mass is 16.5. The van der Waals surface area contributed by atoms with E-state index in [1.54, 1.807) is 20.0 Å². The Kier molecular flexibility index (Phi) is 4.04. The summed E-state index contributed by atoms with van der Waals surface area (Å²) in [5, 5.41) is 12.6. The van der Waals surface area contributed by atoms with Crippen molar-refractivity contribution in [2.24, 2.45) is 0 Å².